The minimum absolute atomic E-state index is 0.00600. The highest BCUT2D eigenvalue weighted by Crippen LogP contribution is 2.47. The molecule has 0 aromatic heterocycles. The van der Waals surface area contributed by atoms with E-state index in [1.165, 1.54) is 7.11 Å². The van der Waals surface area contributed by atoms with Crippen molar-refractivity contribution in [2.75, 3.05) is 7.11 Å². The molecular formula is C16H25BrClFO2Si. The predicted octanol–water partition coefficient (Wildman–Crippen LogP) is 6.80. The van der Waals surface area contributed by atoms with Gasteiger partial charge in [0.05, 0.1) is 16.6 Å². The van der Waals surface area contributed by atoms with Crippen LogP contribution in [0, 0.1) is 5.82 Å². The predicted molar refractivity (Wildman–Crippen MR) is 97.3 cm³/mol. The molecule has 2 nitrogen and oxygen atoms in total. The summed E-state index contributed by atoms with van der Waals surface area (Å²) in [7, 11) is -0.721. The molecule has 0 heterocycles. The lowest BCUT2D eigenvalue weighted by atomic mass is 10.3. The fourth-order valence-electron chi connectivity index (χ4n) is 3.33. The second kappa shape index (κ2) is 7.54. The van der Waals surface area contributed by atoms with E-state index in [1.807, 2.05) is 0 Å². The topological polar surface area (TPSA) is 18.5 Å². The van der Waals surface area contributed by atoms with E-state index in [0.29, 0.717) is 26.8 Å². The molecule has 22 heavy (non-hydrogen) atoms. The van der Waals surface area contributed by atoms with E-state index in [9.17, 15) is 4.39 Å². The summed E-state index contributed by atoms with van der Waals surface area (Å²) in [5.74, 6) is 0.0858. The number of rotatable bonds is 6. The van der Waals surface area contributed by atoms with Crippen molar-refractivity contribution in [2.24, 2.45) is 0 Å². The third-order valence-electron chi connectivity index (χ3n) is 4.29. The van der Waals surface area contributed by atoms with Crippen LogP contribution in [0.1, 0.15) is 41.5 Å². The molecule has 0 fully saturated rings. The van der Waals surface area contributed by atoms with Crippen LogP contribution in [-0.2, 0) is 0 Å². The van der Waals surface area contributed by atoms with E-state index in [1.54, 1.807) is 6.07 Å². The van der Waals surface area contributed by atoms with Crippen molar-refractivity contribution in [1.29, 1.82) is 0 Å². The Balaban J connectivity index is 3.45. The van der Waals surface area contributed by atoms with Gasteiger partial charge in [-0.25, -0.2) is 4.39 Å². The molecule has 0 saturated heterocycles. The zero-order chi connectivity index (χ0) is 17.2. The van der Waals surface area contributed by atoms with Crippen molar-refractivity contribution in [3.8, 4) is 11.5 Å². The summed E-state index contributed by atoms with van der Waals surface area (Å²) in [4.78, 5) is 0. The lowest BCUT2D eigenvalue weighted by Crippen LogP contribution is -2.50. The molecule has 0 radical (unpaired) electrons. The fourth-order valence-corrected chi connectivity index (χ4v) is 9.28. The molecule has 0 unspecified atom stereocenters. The molecular weight excluding hydrogens is 387 g/mol. The number of ether oxygens (including phenoxy) is 1. The minimum Gasteiger partial charge on any atom is -0.542 e. The first-order valence-electron chi connectivity index (χ1n) is 7.50. The Kier molecular flexibility index (Phi) is 6.78. The average molecular weight is 412 g/mol. The van der Waals surface area contributed by atoms with Gasteiger partial charge >= 0.3 is 0 Å². The van der Waals surface area contributed by atoms with Gasteiger partial charge in [0.2, 0.25) is 0 Å². The second-order valence-corrected chi connectivity index (χ2v) is 13.0. The Bertz CT molecular complexity index is 514. The van der Waals surface area contributed by atoms with Crippen molar-refractivity contribution in [3.05, 3.63) is 21.4 Å². The second-order valence-electron chi connectivity index (χ2n) is 6.44. The van der Waals surface area contributed by atoms with Crippen LogP contribution in [0.15, 0.2) is 10.5 Å². The van der Waals surface area contributed by atoms with Crippen LogP contribution in [-0.4, -0.2) is 15.4 Å². The van der Waals surface area contributed by atoms with Gasteiger partial charge in [-0.3, -0.25) is 0 Å². The molecule has 0 atom stereocenters. The fraction of sp³-hybridized carbons (Fsp3) is 0.625. The number of halogens is 3. The summed E-state index contributed by atoms with van der Waals surface area (Å²) in [6.07, 6.45) is 0. The first kappa shape index (κ1) is 19.8. The highest BCUT2D eigenvalue weighted by molar-refractivity contribution is 9.10. The van der Waals surface area contributed by atoms with Gasteiger partial charge in [0.1, 0.15) is 5.75 Å². The van der Waals surface area contributed by atoms with E-state index < -0.39 is 14.1 Å². The van der Waals surface area contributed by atoms with Gasteiger partial charge < -0.3 is 9.16 Å². The van der Waals surface area contributed by atoms with Gasteiger partial charge in [0, 0.05) is 6.07 Å². The average Bonchev–Trinajstić information content (AvgIpc) is 2.43. The number of hydrogen-bond donors (Lipinski definition) is 0. The van der Waals surface area contributed by atoms with E-state index in [0.717, 1.165) is 0 Å². The van der Waals surface area contributed by atoms with Crippen LogP contribution in [0.5, 0.6) is 11.5 Å². The lowest BCUT2D eigenvalue weighted by Gasteiger charge is -2.42. The SMILES string of the molecule is COc1cc(O[Si](C(C)C)(C(C)C)C(C)C)c(Br)c(Cl)c1F. The van der Waals surface area contributed by atoms with Gasteiger partial charge in [-0.05, 0) is 32.6 Å². The van der Waals surface area contributed by atoms with E-state index in [2.05, 4.69) is 57.5 Å². The maximum Gasteiger partial charge on any atom is 0.258 e. The quantitative estimate of drug-likeness (QED) is 0.378. The van der Waals surface area contributed by atoms with Gasteiger partial charge in [0.15, 0.2) is 11.6 Å². The number of benzene rings is 1. The van der Waals surface area contributed by atoms with Crippen molar-refractivity contribution < 1.29 is 13.6 Å². The summed E-state index contributed by atoms with van der Waals surface area (Å²) in [5, 5.41) is -0.00600. The highest BCUT2D eigenvalue weighted by atomic mass is 79.9. The van der Waals surface area contributed by atoms with Gasteiger partial charge in [-0.2, -0.15) is 0 Å². The summed E-state index contributed by atoms with van der Waals surface area (Å²) < 4.78 is 26.1. The molecule has 0 amide bonds. The lowest BCUT2D eigenvalue weighted by molar-refractivity contribution is 0.382. The molecule has 0 N–H and O–H groups in total. The Labute approximate surface area is 147 Å². The first-order valence-corrected chi connectivity index (χ1v) is 10.8. The van der Waals surface area contributed by atoms with Crippen LogP contribution in [0.25, 0.3) is 0 Å². The molecule has 1 aromatic rings. The molecule has 6 heteroatoms. The third-order valence-corrected chi connectivity index (χ3v) is 11.7. The molecule has 0 bridgehead atoms. The van der Waals surface area contributed by atoms with E-state index >= 15 is 0 Å². The molecule has 0 spiro atoms. The Morgan fingerprint density at radius 2 is 1.50 bits per heavy atom. The van der Waals surface area contributed by atoms with Crippen LogP contribution < -0.4 is 9.16 Å². The number of methoxy groups -OCH3 is 1. The molecule has 0 saturated carbocycles. The van der Waals surface area contributed by atoms with Gasteiger partial charge in [0.25, 0.3) is 8.32 Å². The maximum absolute atomic E-state index is 14.0. The molecule has 0 aliphatic heterocycles. The van der Waals surface area contributed by atoms with Crippen LogP contribution >= 0.6 is 27.5 Å². The molecule has 0 aliphatic carbocycles. The first-order chi connectivity index (χ1) is 10.1. The molecule has 126 valence electrons. The molecule has 1 aromatic carbocycles. The number of hydrogen-bond acceptors (Lipinski definition) is 2. The zero-order valence-electron chi connectivity index (χ0n) is 14.3. The Hall–Kier alpha value is -0.263. The largest absolute Gasteiger partial charge is 0.542 e. The molecule has 0 aliphatic rings. The van der Waals surface area contributed by atoms with Crippen LogP contribution in [0.3, 0.4) is 0 Å². The monoisotopic (exact) mass is 410 g/mol. The third kappa shape index (κ3) is 3.46. The Morgan fingerprint density at radius 1 is 1.05 bits per heavy atom. The van der Waals surface area contributed by atoms with Crippen molar-refractivity contribution in [2.45, 2.75) is 58.2 Å². The minimum atomic E-state index is -2.14. The van der Waals surface area contributed by atoms with E-state index in [-0.39, 0.29) is 10.8 Å². The summed E-state index contributed by atoms with van der Waals surface area (Å²) in [6, 6.07) is 1.58. The maximum atomic E-state index is 14.0. The van der Waals surface area contributed by atoms with Crippen molar-refractivity contribution >= 4 is 35.8 Å². The summed E-state index contributed by atoms with van der Waals surface area (Å²) in [5.41, 5.74) is 1.23. The molecule has 1 rings (SSSR count). The van der Waals surface area contributed by atoms with Gasteiger partial charge in [-0.1, -0.05) is 53.1 Å². The zero-order valence-corrected chi connectivity index (χ0v) is 17.6. The van der Waals surface area contributed by atoms with Gasteiger partial charge in [-0.15, -0.1) is 0 Å². The standard InChI is InChI=1S/C16H25BrClFO2Si/c1-9(2)22(10(3)4,11(5)6)21-12-8-13(20-7)16(19)15(18)14(12)17/h8-11H,1-7H3. The van der Waals surface area contributed by atoms with E-state index in [4.69, 9.17) is 20.8 Å². The smallest absolute Gasteiger partial charge is 0.258 e. The normalized spacial score (nSPS) is 12.4. The van der Waals surface area contributed by atoms with Crippen molar-refractivity contribution in [1.82, 2.24) is 0 Å². The van der Waals surface area contributed by atoms with Crippen LogP contribution in [0.2, 0.25) is 21.6 Å². The summed E-state index contributed by atoms with van der Waals surface area (Å²) >= 11 is 9.43. The van der Waals surface area contributed by atoms with Crippen LogP contribution in [0.4, 0.5) is 4.39 Å². The van der Waals surface area contributed by atoms with Crippen molar-refractivity contribution in [3.63, 3.8) is 0 Å². The Morgan fingerprint density at radius 3 is 1.86 bits per heavy atom. The summed E-state index contributed by atoms with van der Waals surface area (Å²) in [6.45, 7) is 13.2. The highest BCUT2D eigenvalue weighted by Gasteiger charge is 2.47.